The molecule has 0 saturated carbocycles. The molecule has 1 amide bonds. The number of carbonyl (C=O) groups excluding carboxylic acids is 1. The molecule has 288 valence electrons. The van der Waals surface area contributed by atoms with E-state index in [-0.39, 0.29) is 35.9 Å². The summed E-state index contributed by atoms with van der Waals surface area (Å²) in [5.41, 5.74) is 3.90. The Hall–Kier alpha value is -4.15. The van der Waals surface area contributed by atoms with Crippen LogP contribution in [0.15, 0.2) is 53.7 Å². The molecule has 0 saturated heterocycles. The number of halogens is 3. The van der Waals surface area contributed by atoms with E-state index in [0.717, 1.165) is 59.2 Å². The number of aryl methyl sites for hydroxylation is 1. The molecule has 0 spiro atoms. The van der Waals surface area contributed by atoms with Crippen LogP contribution in [0.25, 0.3) is 5.69 Å². The minimum atomic E-state index is -0.851. The van der Waals surface area contributed by atoms with Crippen molar-refractivity contribution in [3.8, 4) is 17.2 Å². The van der Waals surface area contributed by atoms with Crippen molar-refractivity contribution in [3.63, 3.8) is 0 Å². The van der Waals surface area contributed by atoms with E-state index < -0.39 is 23.4 Å². The molecule has 1 aromatic heterocycles. The predicted molar refractivity (Wildman–Crippen MR) is 203 cm³/mol. The molecule has 0 fully saturated rings. The first-order valence-electron chi connectivity index (χ1n) is 17.7. The quantitative estimate of drug-likeness (QED) is 0.0692. The van der Waals surface area contributed by atoms with Gasteiger partial charge in [0.05, 0.1) is 46.2 Å². The van der Waals surface area contributed by atoms with Crippen LogP contribution in [0, 0.1) is 17.5 Å². The van der Waals surface area contributed by atoms with Crippen LogP contribution in [0.4, 0.5) is 13.2 Å². The molecule has 1 heterocycles. The van der Waals surface area contributed by atoms with Gasteiger partial charge in [-0.25, -0.2) is 0 Å². The summed E-state index contributed by atoms with van der Waals surface area (Å²) in [4.78, 5) is 17.7. The van der Waals surface area contributed by atoms with E-state index in [2.05, 4.69) is 11.8 Å². The summed E-state index contributed by atoms with van der Waals surface area (Å²) in [6.07, 6.45) is 2.34. The van der Waals surface area contributed by atoms with Crippen LogP contribution in [-0.2, 0) is 31.1 Å². The summed E-state index contributed by atoms with van der Waals surface area (Å²) in [5, 5.41) is 3.12. The van der Waals surface area contributed by atoms with Crippen molar-refractivity contribution in [1.29, 1.82) is 0 Å². The van der Waals surface area contributed by atoms with E-state index in [4.69, 9.17) is 33.4 Å². The fourth-order valence-corrected chi connectivity index (χ4v) is 7.32. The molecule has 1 atom stereocenters. The number of hydrogen-bond acceptors (Lipinski definition) is 9. The molecule has 15 heteroatoms. The van der Waals surface area contributed by atoms with Gasteiger partial charge in [0.2, 0.25) is 0 Å². The van der Waals surface area contributed by atoms with Crippen molar-refractivity contribution < 1.29 is 46.4 Å². The van der Waals surface area contributed by atoms with Crippen molar-refractivity contribution >= 4 is 36.5 Å². The number of hydrogen-bond donors (Lipinski definition) is 1. The molecule has 1 aliphatic carbocycles. The van der Waals surface area contributed by atoms with Crippen molar-refractivity contribution in [1.82, 2.24) is 14.9 Å². The third kappa shape index (κ3) is 10.3. The van der Waals surface area contributed by atoms with Crippen LogP contribution in [0.1, 0.15) is 51.6 Å². The second-order valence-electron chi connectivity index (χ2n) is 12.3. The van der Waals surface area contributed by atoms with E-state index in [1.807, 2.05) is 16.7 Å². The zero-order valence-corrected chi connectivity index (χ0v) is 31.6. The normalized spacial score (nSPS) is 13.7. The van der Waals surface area contributed by atoms with Gasteiger partial charge in [-0.05, 0) is 0 Å². The molecule has 0 aliphatic heterocycles. The topological polar surface area (TPSA) is 102 Å². The number of ether oxygens (including phenoxy) is 6. The van der Waals surface area contributed by atoms with Crippen molar-refractivity contribution in [2.45, 2.75) is 36.1 Å². The summed E-state index contributed by atoms with van der Waals surface area (Å²) in [5.74, 6) is -1.83. The van der Waals surface area contributed by atoms with Crippen LogP contribution in [0.5, 0.6) is 11.5 Å². The molecule has 3 aromatic carbocycles. The summed E-state index contributed by atoms with van der Waals surface area (Å²) >= 11 is 1.16. The zero-order valence-electron chi connectivity index (χ0n) is 30.8. The number of benzene rings is 3. The first-order chi connectivity index (χ1) is 26.3. The average Bonchev–Trinajstić information content (AvgIpc) is 3.56. The van der Waals surface area contributed by atoms with Crippen LogP contribution in [0.3, 0.4) is 0 Å². The third-order valence-corrected chi connectivity index (χ3v) is 9.89. The summed E-state index contributed by atoms with van der Waals surface area (Å²) < 4.78 is 79.2. The van der Waals surface area contributed by atoms with E-state index >= 15 is 8.78 Å². The van der Waals surface area contributed by atoms with Crippen molar-refractivity contribution in [3.05, 3.63) is 94.1 Å². The van der Waals surface area contributed by atoms with Gasteiger partial charge in [0.1, 0.15) is 0 Å². The number of rotatable bonds is 21. The minimum absolute atomic E-state index is 0.106. The second kappa shape index (κ2) is 20.5. The molecule has 54 heavy (non-hydrogen) atoms. The van der Waals surface area contributed by atoms with E-state index in [1.54, 1.807) is 40.4 Å². The molecular weight excluding hydrogens is 722 g/mol. The van der Waals surface area contributed by atoms with E-state index in [1.165, 1.54) is 12.1 Å². The van der Waals surface area contributed by atoms with Gasteiger partial charge in [0.25, 0.3) is 5.91 Å². The summed E-state index contributed by atoms with van der Waals surface area (Å²) in [7, 11) is 4.76. The van der Waals surface area contributed by atoms with Crippen LogP contribution >= 0.6 is 11.8 Å². The third-order valence-electron chi connectivity index (χ3n) is 8.92. The maximum atomic E-state index is 15.5. The average molecular weight is 768 g/mol. The second-order valence-corrected chi connectivity index (χ2v) is 13.3. The van der Waals surface area contributed by atoms with Crippen LogP contribution in [0.2, 0.25) is 0 Å². The summed E-state index contributed by atoms with van der Waals surface area (Å²) in [6.45, 7) is 8.72. The van der Waals surface area contributed by atoms with Gasteiger partial charge in [-0.2, -0.15) is 0 Å². The number of carbonyl (C=O) groups is 1. The number of nitrogens with one attached hydrogen (secondary N) is 1. The Balaban J connectivity index is 1.28. The van der Waals surface area contributed by atoms with Gasteiger partial charge in [-0.3, -0.25) is 4.79 Å². The molecule has 10 nitrogen and oxygen atoms in total. The standard InChI is InChI=1S/C39H45BF3N3O7S/c1-40-31-23-36(50-4)35(49-3)22-29(31)28-6-5-7-34-37(28)46(27-10-8-26(41)9-11-27)39(45-34)54-24-30-32(42)20-25(21-33(30)43)38(47)44-12-13-51-16-17-53-19-18-52-15-14-48-2/h8-11,20-23,28H,1,5-7,12-19,24H2,2-4H3,(H,44,47). The summed E-state index contributed by atoms with van der Waals surface area (Å²) in [6, 6.07) is 11.9. The van der Waals surface area contributed by atoms with Gasteiger partial charge >= 0.3 is 224 Å². The fourth-order valence-electron chi connectivity index (χ4n) is 6.27. The Kier molecular flexibility index (Phi) is 15.6. The molecule has 0 radical (unpaired) electrons. The number of amides is 1. The monoisotopic (exact) mass is 767 g/mol. The van der Waals surface area contributed by atoms with Crippen LogP contribution in [-0.4, -0.2) is 103 Å². The molecule has 5 rings (SSSR count). The molecule has 1 N–H and O–H groups in total. The van der Waals surface area contributed by atoms with Gasteiger partial charge in [-0.1, -0.05) is 0 Å². The number of fused-ring (bicyclic) bond motifs is 1. The van der Waals surface area contributed by atoms with Gasteiger partial charge in [0, 0.05) is 13.7 Å². The number of thioether (sulfide) groups is 1. The molecule has 1 unspecified atom stereocenters. The van der Waals surface area contributed by atoms with Crippen molar-refractivity contribution in [2.24, 2.45) is 0 Å². The van der Waals surface area contributed by atoms with Gasteiger partial charge < -0.3 is 24.3 Å². The SMILES string of the molecule is C=Bc1cc(OC)c(OC)cc1C1CCCc2nc(SCc3c(F)cc(C(=O)NCCOCCOCCOCCOC)cc3F)n(-c3ccc(F)cc3)c21. The Morgan fingerprint density at radius 1 is 0.907 bits per heavy atom. The van der Waals surface area contributed by atoms with Gasteiger partial charge in [-0.15, -0.1) is 0 Å². The number of imidazole rings is 1. The first kappa shape index (κ1) is 41.0. The fraction of sp³-hybridized carbons (Fsp3) is 0.410. The number of aromatic nitrogens is 2. The Morgan fingerprint density at radius 2 is 1.54 bits per heavy atom. The number of methoxy groups -OCH3 is 3. The van der Waals surface area contributed by atoms with Crippen molar-refractivity contribution in [2.75, 3.05) is 74.1 Å². The van der Waals surface area contributed by atoms with E-state index in [0.29, 0.717) is 68.4 Å². The van der Waals surface area contributed by atoms with Gasteiger partial charge in [0.15, 0.2) is 0 Å². The number of nitrogens with zero attached hydrogens (tertiary/aromatic N) is 2. The Bertz CT molecular complexity index is 1860. The Morgan fingerprint density at radius 3 is 2.17 bits per heavy atom. The molecular formula is C39H45BF3N3O7S. The first-order valence-corrected chi connectivity index (χ1v) is 18.6. The Labute approximate surface area is 318 Å². The van der Waals surface area contributed by atoms with Crippen LogP contribution < -0.4 is 20.3 Å². The predicted octanol–water partition coefficient (Wildman–Crippen LogP) is 5.25. The molecule has 0 bridgehead atoms. The zero-order chi connectivity index (χ0) is 38.5. The maximum absolute atomic E-state index is 15.5. The van der Waals surface area contributed by atoms with E-state index in [9.17, 15) is 9.18 Å². The molecule has 1 aliphatic rings. The molecule has 4 aromatic rings.